The number of nitrogens with one attached hydrogen (secondary N) is 1. The molecule has 3 N–H and O–H groups in total. The lowest BCUT2D eigenvalue weighted by Crippen LogP contribution is -2.28. The van der Waals surface area contributed by atoms with E-state index in [1.54, 1.807) is 24.3 Å². The summed E-state index contributed by atoms with van der Waals surface area (Å²) in [5.41, 5.74) is 6.61. The van der Waals surface area contributed by atoms with Gasteiger partial charge in [-0.25, -0.2) is 4.39 Å². The van der Waals surface area contributed by atoms with E-state index in [9.17, 15) is 9.18 Å². The molecule has 4 nitrogen and oxygen atoms in total. The molecule has 21 heavy (non-hydrogen) atoms. The summed E-state index contributed by atoms with van der Waals surface area (Å²) < 4.78 is 18.8. The smallest absolute Gasteiger partial charge is 0.251 e. The highest BCUT2D eigenvalue weighted by Crippen LogP contribution is 2.16. The Kier molecular flexibility index (Phi) is 5.16. The van der Waals surface area contributed by atoms with E-state index in [1.807, 2.05) is 0 Å². The highest BCUT2D eigenvalue weighted by Gasteiger charge is 2.07. The lowest BCUT2D eigenvalue weighted by Gasteiger charge is -2.08. The van der Waals surface area contributed by atoms with Crippen molar-refractivity contribution in [2.24, 2.45) is 0 Å². The number of nitrogen functional groups attached to an aromatic ring is 1. The van der Waals surface area contributed by atoms with Gasteiger partial charge in [-0.15, -0.1) is 0 Å². The standard InChI is InChI=1S/C15H14BrFN2O2/c16-13-9-10(1-6-14(13)17)15(20)19-7-8-21-12-4-2-11(18)3-5-12/h1-6,9H,7-8,18H2,(H,19,20). The second-order valence-electron chi connectivity index (χ2n) is 4.30. The number of benzene rings is 2. The molecule has 110 valence electrons. The van der Waals surface area contributed by atoms with E-state index in [-0.39, 0.29) is 10.4 Å². The highest BCUT2D eigenvalue weighted by molar-refractivity contribution is 9.10. The number of halogens is 2. The fourth-order valence-corrected chi connectivity index (χ4v) is 2.02. The van der Waals surface area contributed by atoms with Gasteiger partial charge in [0.2, 0.25) is 0 Å². The second-order valence-corrected chi connectivity index (χ2v) is 5.16. The summed E-state index contributed by atoms with van der Waals surface area (Å²) in [7, 11) is 0. The van der Waals surface area contributed by atoms with Crippen molar-refractivity contribution in [2.75, 3.05) is 18.9 Å². The molecule has 0 unspecified atom stereocenters. The van der Waals surface area contributed by atoms with Crippen LogP contribution in [0, 0.1) is 5.82 Å². The molecule has 0 aliphatic rings. The van der Waals surface area contributed by atoms with Gasteiger partial charge in [0.1, 0.15) is 18.2 Å². The normalized spacial score (nSPS) is 10.2. The van der Waals surface area contributed by atoms with Crippen LogP contribution < -0.4 is 15.8 Å². The predicted octanol–water partition coefficient (Wildman–Crippen LogP) is 2.98. The Morgan fingerprint density at radius 2 is 1.95 bits per heavy atom. The van der Waals surface area contributed by atoms with Crippen molar-refractivity contribution in [3.05, 3.63) is 58.3 Å². The van der Waals surface area contributed by atoms with E-state index < -0.39 is 5.82 Å². The van der Waals surface area contributed by atoms with Crippen molar-refractivity contribution in [3.8, 4) is 5.75 Å². The average molecular weight is 353 g/mol. The fourth-order valence-electron chi connectivity index (χ4n) is 1.64. The quantitative estimate of drug-likeness (QED) is 0.642. The van der Waals surface area contributed by atoms with Crippen LogP contribution in [-0.2, 0) is 0 Å². The molecule has 0 saturated carbocycles. The Balaban J connectivity index is 1.79. The molecule has 6 heteroatoms. The molecule has 0 aromatic heterocycles. The minimum Gasteiger partial charge on any atom is -0.492 e. The SMILES string of the molecule is Nc1ccc(OCCNC(=O)c2ccc(F)c(Br)c2)cc1. The molecule has 0 saturated heterocycles. The first-order chi connectivity index (χ1) is 10.1. The van der Waals surface area contributed by atoms with Crippen molar-refractivity contribution in [1.29, 1.82) is 0 Å². The summed E-state index contributed by atoms with van der Waals surface area (Å²) in [4.78, 5) is 11.8. The zero-order valence-corrected chi connectivity index (χ0v) is 12.7. The van der Waals surface area contributed by atoms with Crippen molar-refractivity contribution in [3.63, 3.8) is 0 Å². The van der Waals surface area contributed by atoms with Crippen LogP contribution in [0.3, 0.4) is 0 Å². The molecule has 1 amide bonds. The number of hydrogen-bond acceptors (Lipinski definition) is 3. The maximum absolute atomic E-state index is 13.1. The Morgan fingerprint density at radius 1 is 1.24 bits per heavy atom. The third kappa shape index (κ3) is 4.46. The minimum atomic E-state index is -0.404. The number of hydrogen-bond donors (Lipinski definition) is 2. The summed E-state index contributed by atoms with van der Waals surface area (Å²) >= 11 is 3.04. The summed E-state index contributed by atoms with van der Waals surface area (Å²) in [6.07, 6.45) is 0. The molecule has 0 atom stereocenters. The molecule has 2 rings (SSSR count). The maximum Gasteiger partial charge on any atom is 0.251 e. The van der Waals surface area contributed by atoms with Gasteiger partial charge in [0, 0.05) is 11.3 Å². The van der Waals surface area contributed by atoms with Crippen molar-refractivity contribution in [2.45, 2.75) is 0 Å². The van der Waals surface area contributed by atoms with Gasteiger partial charge in [-0.05, 0) is 58.4 Å². The van der Waals surface area contributed by atoms with Gasteiger partial charge in [-0.2, -0.15) is 0 Å². The summed E-state index contributed by atoms with van der Waals surface area (Å²) in [5, 5.41) is 2.70. The third-order valence-corrected chi connectivity index (χ3v) is 3.33. The van der Waals surface area contributed by atoms with Crippen LogP contribution in [0.15, 0.2) is 46.9 Å². The van der Waals surface area contributed by atoms with E-state index in [4.69, 9.17) is 10.5 Å². The van der Waals surface area contributed by atoms with Crippen molar-refractivity contribution >= 4 is 27.5 Å². The van der Waals surface area contributed by atoms with Crippen LogP contribution in [0.2, 0.25) is 0 Å². The molecule has 2 aromatic rings. The first-order valence-electron chi connectivity index (χ1n) is 6.28. The summed E-state index contributed by atoms with van der Waals surface area (Å²) in [6, 6.07) is 11.1. The van der Waals surface area contributed by atoms with E-state index >= 15 is 0 Å². The van der Waals surface area contributed by atoms with Crippen LogP contribution in [0.5, 0.6) is 5.75 Å². The summed E-state index contributed by atoms with van der Waals surface area (Å²) in [6.45, 7) is 0.677. The van der Waals surface area contributed by atoms with E-state index in [2.05, 4.69) is 21.2 Å². The van der Waals surface area contributed by atoms with Gasteiger partial charge in [0.25, 0.3) is 5.91 Å². The van der Waals surface area contributed by atoms with Gasteiger partial charge in [0.05, 0.1) is 11.0 Å². The fraction of sp³-hybridized carbons (Fsp3) is 0.133. The largest absolute Gasteiger partial charge is 0.492 e. The van der Waals surface area contributed by atoms with Crippen molar-refractivity contribution < 1.29 is 13.9 Å². The first kappa shape index (κ1) is 15.3. The number of rotatable bonds is 5. The van der Waals surface area contributed by atoms with E-state index in [0.29, 0.717) is 30.2 Å². The maximum atomic E-state index is 13.1. The number of ether oxygens (including phenoxy) is 1. The molecule has 0 aliphatic heterocycles. The highest BCUT2D eigenvalue weighted by atomic mass is 79.9. The van der Waals surface area contributed by atoms with Crippen LogP contribution >= 0.6 is 15.9 Å². The van der Waals surface area contributed by atoms with Crippen molar-refractivity contribution in [1.82, 2.24) is 5.32 Å². The van der Waals surface area contributed by atoms with Crippen LogP contribution in [0.4, 0.5) is 10.1 Å². The van der Waals surface area contributed by atoms with Crippen LogP contribution in [-0.4, -0.2) is 19.1 Å². The first-order valence-corrected chi connectivity index (χ1v) is 7.07. The van der Waals surface area contributed by atoms with Gasteiger partial charge in [0.15, 0.2) is 0 Å². The number of anilines is 1. The number of amides is 1. The Labute approximate surface area is 130 Å². The molecule has 0 spiro atoms. The molecule has 2 aromatic carbocycles. The van der Waals surface area contributed by atoms with Crippen LogP contribution in [0.25, 0.3) is 0 Å². The molecule has 0 radical (unpaired) electrons. The zero-order valence-electron chi connectivity index (χ0n) is 11.1. The van der Waals surface area contributed by atoms with Gasteiger partial charge in [-0.1, -0.05) is 0 Å². The number of carbonyl (C=O) groups is 1. The Morgan fingerprint density at radius 3 is 2.62 bits per heavy atom. The number of carbonyl (C=O) groups excluding carboxylic acids is 1. The average Bonchev–Trinajstić information content (AvgIpc) is 2.48. The molecule has 0 fully saturated rings. The Bertz CT molecular complexity index is 632. The molecular weight excluding hydrogens is 339 g/mol. The minimum absolute atomic E-state index is 0.258. The number of nitrogens with two attached hydrogens (primary N) is 1. The zero-order chi connectivity index (χ0) is 15.2. The molecular formula is C15H14BrFN2O2. The van der Waals surface area contributed by atoms with Gasteiger partial charge >= 0.3 is 0 Å². The molecule has 0 bridgehead atoms. The van der Waals surface area contributed by atoms with Gasteiger partial charge in [-0.3, -0.25) is 4.79 Å². The molecule has 0 aliphatic carbocycles. The second kappa shape index (κ2) is 7.08. The molecule has 0 heterocycles. The van der Waals surface area contributed by atoms with Crippen LogP contribution in [0.1, 0.15) is 10.4 Å². The predicted molar refractivity (Wildman–Crippen MR) is 82.8 cm³/mol. The van der Waals surface area contributed by atoms with E-state index in [1.165, 1.54) is 18.2 Å². The third-order valence-electron chi connectivity index (χ3n) is 2.72. The lowest BCUT2D eigenvalue weighted by atomic mass is 10.2. The lowest BCUT2D eigenvalue weighted by molar-refractivity contribution is 0.0947. The van der Waals surface area contributed by atoms with Gasteiger partial charge < -0.3 is 15.8 Å². The Hall–Kier alpha value is -2.08. The summed E-state index contributed by atoms with van der Waals surface area (Å²) in [5.74, 6) is -0.00202. The topological polar surface area (TPSA) is 64.3 Å². The monoisotopic (exact) mass is 352 g/mol. The van der Waals surface area contributed by atoms with E-state index in [0.717, 1.165) is 0 Å².